The van der Waals surface area contributed by atoms with E-state index in [0.717, 1.165) is 11.3 Å². The second-order valence-electron chi connectivity index (χ2n) is 4.81. The highest BCUT2D eigenvalue weighted by atomic mass is 35.5. The highest BCUT2D eigenvalue weighted by molar-refractivity contribution is 7.14. The Bertz CT molecular complexity index is 945. The first-order valence-electron chi connectivity index (χ1n) is 6.79. The number of anilines is 1. The standard InChI is InChI=1S/C17H9Cl2N3OS/c18-12-5-6-14(19)13(7-12)16(23)22-17-21-15(9-24-17)11-3-1-10(8-20)2-4-11/h1-7,9H,(H,21,22,23). The summed E-state index contributed by atoms with van der Waals surface area (Å²) >= 11 is 13.2. The number of thiazole rings is 1. The molecular weight excluding hydrogens is 365 g/mol. The largest absolute Gasteiger partial charge is 0.298 e. The lowest BCUT2D eigenvalue weighted by atomic mass is 10.1. The maximum atomic E-state index is 12.3. The average molecular weight is 374 g/mol. The van der Waals surface area contributed by atoms with E-state index in [1.54, 1.807) is 24.3 Å². The Morgan fingerprint density at radius 3 is 2.62 bits per heavy atom. The first-order valence-corrected chi connectivity index (χ1v) is 8.43. The van der Waals surface area contributed by atoms with Crippen LogP contribution in [0.5, 0.6) is 0 Å². The van der Waals surface area contributed by atoms with Gasteiger partial charge < -0.3 is 0 Å². The Morgan fingerprint density at radius 1 is 1.17 bits per heavy atom. The van der Waals surface area contributed by atoms with Crippen molar-refractivity contribution >= 4 is 45.6 Å². The fourth-order valence-corrected chi connectivity index (χ4v) is 3.11. The van der Waals surface area contributed by atoms with Crippen LogP contribution in [-0.4, -0.2) is 10.9 Å². The SMILES string of the molecule is N#Cc1ccc(-c2csc(NC(=O)c3cc(Cl)ccc3Cl)n2)cc1. The Kier molecular flexibility index (Phi) is 4.81. The number of nitriles is 1. The monoisotopic (exact) mass is 373 g/mol. The second kappa shape index (κ2) is 7.02. The van der Waals surface area contributed by atoms with E-state index >= 15 is 0 Å². The van der Waals surface area contributed by atoms with Gasteiger partial charge in [-0.05, 0) is 30.3 Å². The van der Waals surface area contributed by atoms with E-state index in [9.17, 15) is 4.79 Å². The molecule has 0 aliphatic carbocycles. The number of aromatic nitrogens is 1. The van der Waals surface area contributed by atoms with Gasteiger partial charge in [-0.2, -0.15) is 5.26 Å². The molecule has 0 aliphatic rings. The highest BCUT2D eigenvalue weighted by Gasteiger charge is 2.13. The van der Waals surface area contributed by atoms with Crippen molar-refractivity contribution in [2.75, 3.05) is 5.32 Å². The molecule has 0 saturated carbocycles. The van der Waals surface area contributed by atoms with Gasteiger partial charge in [0.05, 0.1) is 27.9 Å². The summed E-state index contributed by atoms with van der Waals surface area (Å²) in [4.78, 5) is 16.7. The highest BCUT2D eigenvalue weighted by Crippen LogP contribution is 2.27. The molecule has 118 valence electrons. The van der Waals surface area contributed by atoms with Crippen LogP contribution in [0.15, 0.2) is 47.8 Å². The van der Waals surface area contributed by atoms with Crippen LogP contribution in [0.25, 0.3) is 11.3 Å². The predicted octanol–water partition coefficient (Wildman–Crippen LogP) is 5.24. The van der Waals surface area contributed by atoms with E-state index in [-0.39, 0.29) is 5.91 Å². The van der Waals surface area contributed by atoms with Gasteiger partial charge in [0.25, 0.3) is 5.91 Å². The number of nitrogens with zero attached hydrogens (tertiary/aromatic N) is 2. The summed E-state index contributed by atoms with van der Waals surface area (Å²) in [5.74, 6) is -0.372. The molecule has 0 atom stereocenters. The van der Waals surface area contributed by atoms with E-state index < -0.39 is 0 Å². The maximum Gasteiger partial charge on any atom is 0.259 e. The third kappa shape index (κ3) is 3.57. The van der Waals surface area contributed by atoms with Crippen LogP contribution in [0, 0.1) is 11.3 Å². The predicted molar refractivity (Wildman–Crippen MR) is 96.7 cm³/mol. The van der Waals surface area contributed by atoms with Gasteiger partial charge in [-0.15, -0.1) is 11.3 Å². The number of benzene rings is 2. The van der Waals surface area contributed by atoms with Gasteiger partial charge in [-0.25, -0.2) is 4.98 Å². The van der Waals surface area contributed by atoms with Gasteiger partial charge in [0.2, 0.25) is 0 Å². The van der Waals surface area contributed by atoms with Crippen molar-refractivity contribution in [3.63, 3.8) is 0 Å². The third-order valence-corrected chi connectivity index (χ3v) is 4.53. The van der Waals surface area contributed by atoms with Crippen molar-refractivity contribution in [2.45, 2.75) is 0 Å². The summed E-state index contributed by atoms with van der Waals surface area (Å²) in [5, 5.41) is 14.6. The van der Waals surface area contributed by atoms with Gasteiger partial charge in [-0.1, -0.05) is 35.3 Å². The molecule has 3 aromatic rings. The zero-order chi connectivity index (χ0) is 17.1. The minimum atomic E-state index is -0.372. The van der Waals surface area contributed by atoms with E-state index in [1.807, 2.05) is 17.5 Å². The quantitative estimate of drug-likeness (QED) is 0.682. The maximum absolute atomic E-state index is 12.3. The molecule has 1 heterocycles. The van der Waals surface area contributed by atoms with Crippen molar-refractivity contribution in [2.24, 2.45) is 0 Å². The summed E-state index contributed by atoms with van der Waals surface area (Å²) in [7, 11) is 0. The number of halogens is 2. The molecule has 0 saturated heterocycles. The molecule has 3 rings (SSSR count). The molecule has 0 radical (unpaired) electrons. The summed E-state index contributed by atoms with van der Waals surface area (Å²) in [6.07, 6.45) is 0. The van der Waals surface area contributed by atoms with Crippen LogP contribution < -0.4 is 5.32 Å². The summed E-state index contributed by atoms with van der Waals surface area (Å²) in [6, 6.07) is 13.8. The average Bonchev–Trinajstić information content (AvgIpc) is 3.05. The lowest BCUT2D eigenvalue weighted by Gasteiger charge is -2.04. The fourth-order valence-electron chi connectivity index (χ4n) is 2.02. The number of carbonyl (C=O) groups excluding carboxylic acids is 1. The Hall–Kier alpha value is -2.39. The van der Waals surface area contributed by atoms with E-state index in [4.69, 9.17) is 28.5 Å². The van der Waals surface area contributed by atoms with Crippen LogP contribution in [0.3, 0.4) is 0 Å². The van der Waals surface area contributed by atoms with Crippen molar-refractivity contribution in [3.8, 4) is 17.3 Å². The van der Waals surface area contributed by atoms with Crippen molar-refractivity contribution < 1.29 is 4.79 Å². The number of nitrogens with one attached hydrogen (secondary N) is 1. The van der Waals surface area contributed by atoms with Crippen molar-refractivity contribution in [1.82, 2.24) is 4.98 Å². The molecule has 7 heteroatoms. The topological polar surface area (TPSA) is 65.8 Å². The molecule has 2 aromatic carbocycles. The Labute approximate surface area is 152 Å². The van der Waals surface area contributed by atoms with Crippen LogP contribution >= 0.6 is 34.5 Å². The van der Waals surface area contributed by atoms with Crippen LogP contribution in [0.4, 0.5) is 5.13 Å². The molecule has 1 N–H and O–H groups in total. The third-order valence-electron chi connectivity index (χ3n) is 3.21. The normalized spacial score (nSPS) is 10.2. The van der Waals surface area contributed by atoms with Gasteiger partial charge in [0.1, 0.15) is 0 Å². The summed E-state index contributed by atoms with van der Waals surface area (Å²) in [6.45, 7) is 0. The first kappa shape index (κ1) is 16.5. The summed E-state index contributed by atoms with van der Waals surface area (Å²) < 4.78 is 0. The zero-order valence-corrected chi connectivity index (χ0v) is 14.4. The minimum Gasteiger partial charge on any atom is -0.298 e. The molecule has 0 aliphatic heterocycles. The lowest BCUT2D eigenvalue weighted by molar-refractivity contribution is 0.102. The van der Waals surface area contributed by atoms with Crippen LogP contribution in [-0.2, 0) is 0 Å². The molecule has 1 amide bonds. The number of rotatable bonds is 3. The lowest BCUT2D eigenvalue weighted by Crippen LogP contribution is -2.12. The number of amides is 1. The number of hydrogen-bond acceptors (Lipinski definition) is 4. The van der Waals surface area contributed by atoms with E-state index in [0.29, 0.717) is 26.3 Å². The Morgan fingerprint density at radius 2 is 1.92 bits per heavy atom. The molecule has 0 bridgehead atoms. The van der Waals surface area contributed by atoms with Crippen molar-refractivity contribution in [1.29, 1.82) is 5.26 Å². The molecule has 0 unspecified atom stereocenters. The van der Waals surface area contributed by atoms with Gasteiger partial charge in [0, 0.05) is 16.0 Å². The van der Waals surface area contributed by atoms with Crippen molar-refractivity contribution in [3.05, 3.63) is 69.0 Å². The fraction of sp³-hybridized carbons (Fsp3) is 0. The molecule has 1 aromatic heterocycles. The van der Waals surface area contributed by atoms with Crippen LogP contribution in [0.2, 0.25) is 10.0 Å². The second-order valence-corrected chi connectivity index (χ2v) is 6.51. The molecule has 0 fully saturated rings. The molecule has 0 spiro atoms. The first-order chi connectivity index (χ1) is 11.6. The number of hydrogen-bond donors (Lipinski definition) is 1. The van der Waals surface area contributed by atoms with Gasteiger partial charge in [-0.3, -0.25) is 10.1 Å². The molecule has 4 nitrogen and oxygen atoms in total. The van der Waals surface area contributed by atoms with E-state index in [2.05, 4.69) is 16.4 Å². The zero-order valence-electron chi connectivity index (χ0n) is 12.1. The van der Waals surface area contributed by atoms with Gasteiger partial charge >= 0.3 is 0 Å². The Balaban J connectivity index is 1.79. The summed E-state index contributed by atoms with van der Waals surface area (Å²) in [5.41, 5.74) is 2.46. The molecule has 24 heavy (non-hydrogen) atoms. The van der Waals surface area contributed by atoms with E-state index in [1.165, 1.54) is 17.4 Å². The van der Waals surface area contributed by atoms with Crippen LogP contribution in [0.1, 0.15) is 15.9 Å². The van der Waals surface area contributed by atoms with Gasteiger partial charge in [0.15, 0.2) is 5.13 Å². The molecular formula is C17H9Cl2N3OS. The number of carbonyl (C=O) groups is 1. The smallest absolute Gasteiger partial charge is 0.259 e. The minimum absolute atomic E-state index is 0.291.